The highest BCUT2D eigenvalue weighted by Gasteiger charge is 2.34. The average Bonchev–Trinajstić information content (AvgIpc) is 1.73. The minimum Gasteiger partial charge on any atom is -0.408 e. The zero-order valence-corrected chi connectivity index (χ0v) is 9.98. The normalized spacial score (nSPS) is 30.4. The van der Waals surface area contributed by atoms with E-state index in [0.717, 1.165) is 6.42 Å². The maximum Gasteiger partial charge on any atom is 0.262 e. The third kappa shape index (κ3) is 10.3. The fraction of sp³-hybridized carbons (Fsp3) is 1.00. The van der Waals surface area contributed by atoms with Gasteiger partial charge >= 0.3 is 0 Å². The van der Waals surface area contributed by atoms with Crippen LogP contribution in [0.1, 0.15) is 34.1 Å². The largest absolute Gasteiger partial charge is 0.408 e. The summed E-state index contributed by atoms with van der Waals surface area (Å²) in [6.45, 7) is 8.38. The van der Waals surface area contributed by atoms with Crippen LogP contribution in [0, 0.1) is 10.2 Å². The van der Waals surface area contributed by atoms with Gasteiger partial charge in [0.1, 0.15) is 0 Å². The summed E-state index contributed by atoms with van der Waals surface area (Å²) in [5, 5.41) is 0. The van der Waals surface area contributed by atoms with E-state index in [9.17, 15) is 0 Å². The number of hydrogen-bond acceptors (Lipinski definition) is 5. The number of halogens is 1. The Hall–Kier alpha value is 0.0500. The molecule has 1 saturated heterocycles. The van der Waals surface area contributed by atoms with Gasteiger partial charge in [-0.2, -0.15) is 0 Å². The molecule has 7 heteroatoms. The Morgan fingerprint density at radius 1 is 1.20 bits per heavy atom. The molecule has 92 valence electrons. The summed E-state index contributed by atoms with van der Waals surface area (Å²) in [6.07, 6.45) is 1.58. The van der Waals surface area contributed by atoms with Crippen LogP contribution in [0.4, 0.5) is 0 Å². The standard InChI is InChI=1S/C8H16O2.ClHO4/c1-6-5-8(3,4)10-7(2)9-6;2-1(3,4)5/h6-7H,5H2,1-4H3;(H,2,3,4,5). The van der Waals surface area contributed by atoms with Gasteiger partial charge in [0.2, 0.25) is 0 Å². The van der Waals surface area contributed by atoms with Gasteiger partial charge in [0.15, 0.2) is 6.10 Å². The molecule has 0 aromatic heterocycles. The molecular formula is C8H17ClO6. The highest BCUT2D eigenvalue weighted by Crippen LogP contribution is 2.24. The summed E-state index contributed by atoms with van der Waals surface area (Å²) >= 11 is 0. The van der Waals surface area contributed by atoms with Gasteiger partial charge < -0.3 is 9.47 Å². The summed E-state index contributed by atoms with van der Waals surface area (Å²) in [4.78, 5) is 0. The molecule has 2 unspecified atom stereocenters. The van der Waals surface area contributed by atoms with E-state index in [-0.39, 0.29) is 11.9 Å². The Morgan fingerprint density at radius 3 is 1.87 bits per heavy atom. The molecule has 1 aliphatic heterocycles. The summed E-state index contributed by atoms with van der Waals surface area (Å²) < 4.78 is 43.9. The first-order valence-corrected chi connectivity index (χ1v) is 5.72. The first kappa shape index (κ1) is 15.0. The Kier molecular flexibility index (Phi) is 5.42. The van der Waals surface area contributed by atoms with Gasteiger partial charge in [-0.15, -0.1) is 10.2 Å². The van der Waals surface area contributed by atoms with Gasteiger partial charge in [-0.3, -0.25) is 0 Å². The summed E-state index contributed by atoms with van der Waals surface area (Å²) in [5.41, 5.74) is 0.0284. The van der Waals surface area contributed by atoms with E-state index in [1.54, 1.807) is 0 Å². The molecule has 0 radical (unpaired) electrons. The molecular weight excluding hydrogens is 228 g/mol. The van der Waals surface area contributed by atoms with E-state index in [4.69, 9.17) is 23.4 Å². The van der Waals surface area contributed by atoms with Crippen LogP contribution in [0.3, 0.4) is 0 Å². The molecule has 0 saturated carbocycles. The lowest BCUT2D eigenvalue weighted by molar-refractivity contribution is -2.00. The third-order valence-electron chi connectivity index (χ3n) is 1.74. The van der Waals surface area contributed by atoms with E-state index in [0.29, 0.717) is 6.10 Å². The molecule has 1 rings (SSSR count). The van der Waals surface area contributed by atoms with Crippen molar-refractivity contribution in [3.8, 4) is 0 Å². The lowest BCUT2D eigenvalue weighted by atomic mass is 10.0. The van der Waals surface area contributed by atoms with Crippen LogP contribution in [0.25, 0.3) is 0 Å². The summed E-state index contributed by atoms with van der Waals surface area (Å²) in [7, 11) is -4.94. The Balaban J connectivity index is 0.000000336. The smallest absolute Gasteiger partial charge is 0.262 e. The quantitative estimate of drug-likeness (QED) is 0.414. The van der Waals surface area contributed by atoms with Crippen LogP contribution < -0.4 is 18.6 Å². The van der Waals surface area contributed by atoms with Crippen molar-refractivity contribution in [3.05, 3.63) is 0 Å². The molecule has 0 aliphatic carbocycles. The molecule has 0 aromatic carbocycles. The maximum absolute atomic E-state index is 8.49. The van der Waals surface area contributed by atoms with E-state index in [2.05, 4.69) is 25.5 Å². The first-order chi connectivity index (χ1) is 6.49. The summed E-state index contributed by atoms with van der Waals surface area (Å²) in [6, 6.07) is 0. The minimum absolute atomic E-state index is 0.0284. The Bertz CT molecular complexity index is 172. The second kappa shape index (κ2) is 5.40. The van der Waals surface area contributed by atoms with Gasteiger partial charge in [-0.1, -0.05) is 0 Å². The van der Waals surface area contributed by atoms with Crippen molar-refractivity contribution in [2.75, 3.05) is 0 Å². The van der Waals surface area contributed by atoms with Gasteiger partial charge in [-0.05, 0) is 13.8 Å². The highest BCUT2D eigenvalue weighted by molar-refractivity contribution is 4.75. The van der Waals surface area contributed by atoms with Crippen molar-refractivity contribution in [3.63, 3.8) is 0 Å². The van der Waals surface area contributed by atoms with Crippen molar-refractivity contribution in [1.29, 1.82) is 0 Å². The number of aliphatic hydroxyl groups is 2. The second-order valence-corrected chi connectivity index (χ2v) is 4.81. The van der Waals surface area contributed by atoms with Crippen molar-refractivity contribution in [1.82, 2.24) is 0 Å². The molecule has 1 heterocycles. The maximum atomic E-state index is 8.49. The first-order valence-electron chi connectivity index (χ1n) is 4.49. The van der Waals surface area contributed by atoms with Gasteiger partial charge in [0, 0.05) is 20.3 Å². The zero-order chi connectivity index (χ0) is 12.3. The van der Waals surface area contributed by atoms with E-state index >= 15 is 0 Å². The molecule has 0 amide bonds. The molecule has 0 aromatic rings. The molecule has 1 fully saturated rings. The molecule has 6 nitrogen and oxygen atoms in total. The topological polar surface area (TPSA) is 114 Å². The Morgan fingerprint density at radius 2 is 1.60 bits per heavy atom. The van der Waals surface area contributed by atoms with Gasteiger partial charge in [-0.25, -0.2) is 18.6 Å². The van der Waals surface area contributed by atoms with E-state index in [1.165, 1.54) is 0 Å². The molecule has 15 heavy (non-hydrogen) atoms. The number of ether oxygens (including phenoxy) is 2. The molecule has 1 aliphatic rings. The zero-order valence-electron chi connectivity index (χ0n) is 9.23. The number of hydrogen-bond donors (Lipinski definition) is 0. The monoisotopic (exact) mass is 244 g/mol. The van der Waals surface area contributed by atoms with Crippen LogP contribution in [-0.2, 0) is 4.74 Å². The molecule has 1 N–H and O–H groups in total. The SMILES string of the molecule is CC1CC(C)(C)OC(C)[OH+]1.[O-][Cl+3]([O-])([O-])[O-]. The van der Waals surface area contributed by atoms with Crippen molar-refractivity contribution in [2.24, 2.45) is 0 Å². The molecule has 2 atom stereocenters. The van der Waals surface area contributed by atoms with E-state index in [1.807, 2.05) is 6.92 Å². The van der Waals surface area contributed by atoms with E-state index < -0.39 is 10.2 Å². The molecule has 0 bridgehead atoms. The second-order valence-electron chi connectivity index (χ2n) is 4.06. The molecule has 0 spiro atoms. The predicted octanol–water partition coefficient (Wildman–Crippen LogP) is -3.31. The van der Waals surface area contributed by atoms with Crippen LogP contribution in [0.5, 0.6) is 0 Å². The van der Waals surface area contributed by atoms with Crippen molar-refractivity contribution in [2.45, 2.75) is 52.1 Å². The van der Waals surface area contributed by atoms with Gasteiger partial charge in [0.05, 0.1) is 5.60 Å². The fourth-order valence-electron chi connectivity index (χ4n) is 1.66. The highest BCUT2D eigenvalue weighted by atomic mass is 35.7. The lowest BCUT2D eigenvalue weighted by Gasteiger charge is -2.34. The van der Waals surface area contributed by atoms with Gasteiger partial charge in [0.25, 0.3) is 6.29 Å². The fourth-order valence-corrected chi connectivity index (χ4v) is 1.66. The average molecular weight is 245 g/mol. The van der Waals surface area contributed by atoms with Crippen LogP contribution in [0.2, 0.25) is 0 Å². The third-order valence-corrected chi connectivity index (χ3v) is 1.74. The minimum atomic E-state index is -4.94. The summed E-state index contributed by atoms with van der Waals surface area (Å²) in [5.74, 6) is 0. The van der Waals surface area contributed by atoms with Crippen molar-refractivity contribution < 1.29 is 38.4 Å². The Labute approximate surface area is 91.2 Å². The van der Waals surface area contributed by atoms with Crippen LogP contribution in [0.15, 0.2) is 0 Å². The van der Waals surface area contributed by atoms with Crippen LogP contribution in [-0.4, -0.2) is 22.7 Å². The number of rotatable bonds is 0. The van der Waals surface area contributed by atoms with Crippen molar-refractivity contribution >= 4 is 0 Å². The van der Waals surface area contributed by atoms with Crippen LogP contribution >= 0.6 is 0 Å². The lowest BCUT2D eigenvalue weighted by Crippen LogP contribution is -2.68. The predicted molar refractivity (Wildman–Crippen MR) is 40.9 cm³/mol.